The Bertz CT molecular complexity index is 310. The molecular weight excluding hydrogens is 331 g/mol. The van der Waals surface area contributed by atoms with Gasteiger partial charge in [-0.1, -0.05) is 0 Å². The van der Waals surface area contributed by atoms with E-state index in [4.69, 9.17) is 4.74 Å². The summed E-state index contributed by atoms with van der Waals surface area (Å²) in [6.07, 6.45) is 3.90. The van der Waals surface area contributed by atoms with Crippen molar-refractivity contribution in [1.82, 2.24) is 0 Å². The standard InChI is InChI=1S/C11H11F2O.BrH.Zn/c12-9-6-3-7-10(13)11(9)14-8-4-1-2-5-8;;/h6-8H,1-2,4-5H2;1H;/q-1;;+2/p-1. The van der Waals surface area contributed by atoms with Crippen molar-refractivity contribution >= 4 is 13.6 Å². The monoisotopic (exact) mass is 340 g/mol. The van der Waals surface area contributed by atoms with Crippen LogP contribution in [0.4, 0.5) is 8.78 Å². The first kappa shape index (κ1) is 14.0. The van der Waals surface area contributed by atoms with Crippen molar-refractivity contribution in [3.8, 4) is 5.75 Å². The molecule has 1 aromatic carbocycles. The van der Waals surface area contributed by atoms with Gasteiger partial charge in [0.05, 0.1) is 23.5 Å². The Hall–Kier alpha value is -0.0166. The Morgan fingerprint density at radius 3 is 2.19 bits per heavy atom. The van der Waals surface area contributed by atoms with Gasteiger partial charge in [-0.05, 0) is 25.7 Å². The van der Waals surface area contributed by atoms with Crippen LogP contribution >= 0.6 is 13.6 Å². The first-order valence-corrected chi connectivity index (χ1v) is 12.0. The minimum absolute atomic E-state index is 0.0265. The van der Waals surface area contributed by atoms with Crippen molar-refractivity contribution in [2.24, 2.45) is 0 Å². The molecule has 1 nitrogen and oxygen atoms in total. The summed E-state index contributed by atoms with van der Waals surface area (Å²) < 4.78 is 31.5. The molecule has 0 saturated heterocycles. The Balaban J connectivity index is 0.000000606. The normalized spacial score (nSPS) is 15.6. The van der Waals surface area contributed by atoms with Crippen LogP contribution in [0.2, 0.25) is 0 Å². The van der Waals surface area contributed by atoms with E-state index in [0.29, 0.717) is 0 Å². The van der Waals surface area contributed by atoms with Gasteiger partial charge in [-0.3, -0.25) is 8.78 Å². The number of ether oxygens (including phenoxy) is 1. The molecule has 0 N–H and O–H groups in total. The zero-order chi connectivity index (χ0) is 12.0. The SMILES string of the molecule is Fc1c[c-]cc(F)c1OC1CCCC1.[Zn+][Br]. The summed E-state index contributed by atoms with van der Waals surface area (Å²) in [7, 11) is 0. The molecule has 1 aliphatic rings. The summed E-state index contributed by atoms with van der Waals surface area (Å²) in [5.74, 6) is -1.59. The predicted octanol–water partition coefficient (Wildman–Crippen LogP) is 3.93. The van der Waals surface area contributed by atoms with Gasteiger partial charge < -0.3 is 4.74 Å². The van der Waals surface area contributed by atoms with Crippen LogP contribution in [0.15, 0.2) is 12.1 Å². The van der Waals surface area contributed by atoms with E-state index >= 15 is 0 Å². The molecule has 5 heteroatoms. The van der Waals surface area contributed by atoms with Crippen molar-refractivity contribution in [3.05, 3.63) is 29.8 Å². The molecule has 1 aromatic rings. The zero-order valence-electron chi connectivity index (χ0n) is 8.81. The summed E-state index contributed by atoms with van der Waals surface area (Å²) in [6.45, 7) is 0. The van der Waals surface area contributed by atoms with Gasteiger partial charge in [-0.15, -0.1) is 12.1 Å². The average molecular weight is 342 g/mol. The van der Waals surface area contributed by atoms with Crippen molar-refractivity contribution < 1.29 is 29.9 Å². The second-order valence-electron chi connectivity index (χ2n) is 3.50. The van der Waals surface area contributed by atoms with Crippen molar-refractivity contribution in [2.45, 2.75) is 31.8 Å². The predicted molar refractivity (Wildman–Crippen MR) is 57.0 cm³/mol. The molecule has 16 heavy (non-hydrogen) atoms. The maximum atomic E-state index is 13.1. The van der Waals surface area contributed by atoms with Crippen LogP contribution in [-0.4, -0.2) is 6.10 Å². The zero-order valence-corrected chi connectivity index (χ0v) is 13.4. The number of benzene rings is 1. The van der Waals surface area contributed by atoms with Crippen LogP contribution in [0.3, 0.4) is 0 Å². The number of rotatable bonds is 2. The third kappa shape index (κ3) is 3.78. The molecule has 0 heterocycles. The molecule has 0 radical (unpaired) electrons. The maximum absolute atomic E-state index is 13.1. The fourth-order valence-corrected chi connectivity index (χ4v) is 1.72. The van der Waals surface area contributed by atoms with E-state index < -0.39 is 11.6 Å². The molecule has 1 fully saturated rings. The molecule has 1 aliphatic carbocycles. The van der Waals surface area contributed by atoms with Crippen molar-refractivity contribution in [1.29, 1.82) is 0 Å². The van der Waals surface area contributed by atoms with Crippen LogP contribution in [0.5, 0.6) is 5.75 Å². The molecule has 0 bridgehead atoms. The first-order valence-electron chi connectivity index (χ1n) is 5.06. The second-order valence-corrected chi connectivity index (χ2v) is 3.50. The van der Waals surface area contributed by atoms with E-state index in [-0.39, 0.29) is 11.9 Å². The molecule has 2 rings (SSSR count). The van der Waals surface area contributed by atoms with Gasteiger partial charge >= 0.3 is 30.0 Å². The number of hydrogen-bond donors (Lipinski definition) is 0. The quantitative estimate of drug-likeness (QED) is 0.584. The third-order valence-corrected chi connectivity index (χ3v) is 2.44. The van der Waals surface area contributed by atoms with E-state index in [1.807, 2.05) is 0 Å². The Kier molecular flexibility index (Phi) is 6.44. The van der Waals surface area contributed by atoms with Gasteiger partial charge in [0.1, 0.15) is 0 Å². The van der Waals surface area contributed by atoms with E-state index in [9.17, 15) is 8.78 Å². The molecule has 0 spiro atoms. The molecule has 0 amide bonds. The molecular formula is C11H11BrF2OZn. The van der Waals surface area contributed by atoms with Crippen molar-refractivity contribution in [3.63, 3.8) is 0 Å². The molecule has 1 saturated carbocycles. The molecule has 0 aromatic heterocycles. The summed E-state index contributed by atoms with van der Waals surface area (Å²) in [6, 6.07) is 4.55. The fourth-order valence-electron chi connectivity index (χ4n) is 1.72. The van der Waals surface area contributed by atoms with Crippen LogP contribution < -0.4 is 4.74 Å². The number of halogens is 3. The fraction of sp³-hybridized carbons (Fsp3) is 0.455. The van der Waals surface area contributed by atoms with Gasteiger partial charge in [0, 0.05) is 0 Å². The van der Waals surface area contributed by atoms with Gasteiger partial charge in [0.25, 0.3) is 0 Å². The molecule has 84 valence electrons. The van der Waals surface area contributed by atoms with Gasteiger partial charge in [0.2, 0.25) is 0 Å². The van der Waals surface area contributed by atoms with Gasteiger partial charge in [-0.2, -0.15) is 6.07 Å². The second kappa shape index (κ2) is 7.34. The van der Waals surface area contributed by atoms with Crippen LogP contribution in [0.1, 0.15) is 25.7 Å². The Labute approximate surface area is 111 Å². The first-order chi connectivity index (χ1) is 7.77. The summed E-state index contributed by atoms with van der Waals surface area (Å²) in [4.78, 5) is 0. The van der Waals surface area contributed by atoms with Gasteiger partial charge in [-0.25, -0.2) is 0 Å². The third-order valence-electron chi connectivity index (χ3n) is 2.44. The number of hydrogen-bond acceptors (Lipinski definition) is 1. The molecule has 0 atom stereocenters. The molecule has 0 aliphatic heterocycles. The summed E-state index contributed by atoms with van der Waals surface area (Å²) in [5.41, 5.74) is 0. The Morgan fingerprint density at radius 2 is 1.69 bits per heavy atom. The van der Waals surface area contributed by atoms with Crippen molar-refractivity contribution in [2.75, 3.05) is 0 Å². The minimum atomic E-state index is -0.670. The summed E-state index contributed by atoms with van der Waals surface area (Å²) in [5, 5.41) is 0. The van der Waals surface area contributed by atoms with Crippen LogP contribution in [0.25, 0.3) is 0 Å². The van der Waals surface area contributed by atoms with Crippen LogP contribution in [-0.2, 0) is 16.3 Å². The van der Waals surface area contributed by atoms with E-state index in [1.54, 1.807) is 0 Å². The van der Waals surface area contributed by atoms with Gasteiger partial charge in [0.15, 0.2) is 0 Å². The van der Waals surface area contributed by atoms with Crippen LogP contribution in [0, 0.1) is 17.7 Å². The average Bonchev–Trinajstić information content (AvgIpc) is 2.79. The topological polar surface area (TPSA) is 9.23 Å². The van der Waals surface area contributed by atoms with E-state index in [1.165, 1.54) is 16.3 Å². The Morgan fingerprint density at radius 1 is 1.19 bits per heavy atom. The summed E-state index contributed by atoms with van der Waals surface area (Å²) >= 11 is 4.25. The van der Waals surface area contributed by atoms with E-state index in [2.05, 4.69) is 19.7 Å². The molecule has 0 unspecified atom stereocenters. The van der Waals surface area contributed by atoms with E-state index in [0.717, 1.165) is 37.8 Å².